The molecule has 1 heteroatoms. The highest BCUT2D eigenvalue weighted by Crippen LogP contribution is 2.28. The van der Waals surface area contributed by atoms with E-state index in [0.717, 1.165) is 6.42 Å². The molecule has 3 aromatic rings. The van der Waals surface area contributed by atoms with Crippen LogP contribution in [0.5, 0.6) is 0 Å². The van der Waals surface area contributed by atoms with Crippen molar-refractivity contribution < 1.29 is 0 Å². The molecule has 0 atom stereocenters. The fraction of sp³-hybridized carbons (Fsp3) is 0.250. The quantitative estimate of drug-likeness (QED) is 0.611. The number of aromatic nitrogens is 1. The van der Waals surface area contributed by atoms with Crippen LogP contribution in [0.15, 0.2) is 42.5 Å². The number of fused-ring (bicyclic) bond motifs is 3. The highest BCUT2D eigenvalue weighted by molar-refractivity contribution is 6.08. The zero-order chi connectivity index (χ0) is 11.8. The molecule has 0 N–H and O–H groups in total. The van der Waals surface area contributed by atoms with Crippen LogP contribution in [0, 0.1) is 0 Å². The number of nitrogens with zero attached hydrogens (tertiary/aromatic N) is 1. The summed E-state index contributed by atoms with van der Waals surface area (Å²) in [6, 6.07) is 15.5. The van der Waals surface area contributed by atoms with E-state index >= 15 is 0 Å². The van der Waals surface area contributed by atoms with Gasteiger partial charge < -0.3 is 4.57 Å². The Morgan fingerprint density at radius 2 is 1.71 bits per heavy atom. The van der Waals surface area contributed by atoms with Crippen LogP contribution < -0.4 is 0 Å². The zero-order valence-corrected chi connectivity index (χ0v) is 10.4. The van der Waals surface area contributed by atoms with Crippen LogP contribution in [0.1, 0.15) is 18.9 Å². The Balaban J connectivity index is 2.36. The van der Waals surface area contributed by atoms with Gasteiger partial charge in [0.15, 0.2) is 0 Å². The topological polar surface area (TPSA) is 4.93 Å². The van der Waals surface area contributed by atoms with Crippen molar-refractivity contribution in [3.05, 3.63) is 48.0 Å². The summed E-state index contributed by atoms with van der Waals surface area (Å²) in [5.41, 5.74) is 4.10. The normalized spacial score (nSPS) is 11.4. The molecule has 1 aromatic heterocycles. The van der Waals surface area contributed by atoms with Crippen LogP contribution in [0.4, 0.5) is 0 Å². The maximum Gasteiger partial charge on any atom is 0.0491 e. The van der Waals surface area contributed by atoms with Crippen molar-refractivity contribution in [2.75, 3.05) is 0 Å². The van der Waals surface area contributed by atoms with Crippen molar-refractivity contribution in [2.45, 2.75) is 19.8 Å². The Kier molecular flexibility index (Phi) is 2.40. The van der Waals surface area contributed by atoms with E-state index < -0.39 is 0 Å². The number of para-hydroxylation sites is 1. The van der Waals surface area contributed by atoms with Crippen LogP contribution in [0.3, 0.4) is 0 Å². The van der Waals surface area contributed by atoms with E-state index in [2.05, 4.69) is 61.0 Å². The minimum Gasteiger partial charge on any atom is -0.344 e. The maximum atomic E-state index is 2.33. The van der Waals surface area contributed by atoms with Crippen molar-refractivity contribution >= 4 is 21.8 Å². The summed E-state index contributed by atoms with van der Waals surface area (Å²) in [5.74, 6) is 0. The number of benzene rings is 2. The van der Waals surface area contributed by atoms with E-state index in [1.165, 1.54) is 33.8 Å². The average molecular weight is 223 g/mol. The number of aryl methyl sites for hydroxylation is 2. The van der Waals surface area contributed by atoms with Gasteiger partial charge in [-0.15, -0.1) is 0 Å². The standard InChI is InChI=1S/C16H17N/c1-3-6-12-9-10-14-13-7-4-5-8-15(13)17(2)16(14)11-12/h4-5,7-11H,3,6H2,1-2H3. The molecule has 0 aliphatic heterocycles. The van der Waals surface area contributed by atoms with Crippen molar-refractivity contribution in [3.8, 4) is 0 Å². The summed E-state index contributed by atoms with van der Waals surface area (Å²) in [6.07, 6.45) is 2.37. The van der Waals surface area contributed by atoms with Gasteiger partial charge in [-0.1, -0.05) is 43.7 Å². The van der Waals surface area contributed by atoms with Gasteiger partial charge in [0.2, 0.25) is 0 Å². The third-order valence-electron chi connectivity index (χ3n) is 3.52. The van der Waals surface area contributed by atoms with Crippen molar-refractivity contribution in [3.63, 3.8) is 0 Å². The van der Waals surface area contributed by atoms with Crippen LogP contribution in [0.2, 0.25) is 0 Å². The van der Waals surface area contributed by atoms with E-state index in [-0.39, 0.29) is 0 Å². The molecule has 1 heterocycles. The molecule has 0 radical (unpaired) electrons. The molecule has 0 amide bonds. The Labute approximate surface area is 102 Å². The van der Waals surface area contributed by atoms with Gasteiger partial charge in [-0.3, -0.25) is 0 Å². The van der Waals surface area contributed by atoms with E-state index in [9.17, 15) is 0 Å². The summed E-state index contributed by atoms with van der Waals surface area (Å²) in [5, 5.41) is 2.72. The lowest BCUT2D eigenvalue weighted by molar-refractivity contribution is 0.920. The Bertz CT molecular complexity index is 676. The van der Waals surface area contributed by atoms with Gasteiger partial charge >= 0.3 is 0 Å². The molecule has 0 bridgehead atoms. The molecule has 1 nitrogen and oxygen atoms in total. The van der Waals surface area contributed by atoms with Gasteiger partial charge in [0.05, 0.1) is 0 Å². The largest absolute Gasteiger partial charge is 0.344 e. The smallest absolute Gasteiger partial charge is 0.0491 e. The number of rotatable bonds is 2. The lowest BCUT2D eigenvalue weighted by atomic mass is 10.1. The van der Waals surface area contributed by atoms with Gasteiger partial charge in [-0.2, -0.15) is 0 Å². The molecular weight excluding hydrogens is 206 g/mol. The minimum atomic E-state index is 1.16. The number of hydrogen-bond donors (Lipinski definition) is 0. The predicted molar refractivity (Wildman–Crippen MR) is 74.4 cm³/mol. The van der Waals surface area contributed by atoms with E-state index in [1.807, 2.05) is 0 Å². The minimum absolute atomic E-state index is 1.16. The van der Waals surface area contributed by atoms with Crippen molar-refractivity contribution in [1.82, 2.24) is 4.57 Å². The van der Waals surface area contributed by atoms with Crippen molar-refractivity contribution in [1.29, 1.82) is 0 Å². The maximum absolute atomic E-state index is 2.33. The molecule has 0 aliphatic rings. The molecule has 86 valence electrons. The second kappa shape index (κ2) is 3.92. The molecule has 0 aliphatic carbocycles. The van der Waals surface area contributed by atoms with Gasteiger partial charge in [-0.05, 0) is 24.1 Å². The van der Waals surface area contributed by atoms with Crippen molar-refractivity contribution in [2.24, 2.45) is 7.05 Å². The van der Waals surface area contributed by atoms with Gasteiger partial charge in [0.1, 0.15) is 0 Å². The highest BCUT2D eigenvalue weighted by Gasteiger charge is 2.07. The van der Waals surface area contributed by atoms with Gasteiger partial charge in [0, 0.05) is 28.9 Å². The molecule has 0 fully saturated rings. The fourth-order valence-electron chi connectivity index (χ4n) is 2.65. The van der Waals surface area contributed by atoms with Gasteiger partial charge in [0.25, 0.3) is 0 Å². The molecule has 0 unspecified atom stereocenters. The molecular formula is C16H17N. The summed E-state index contributed by atoms with van der Waals surface area (Å²) < 4.78 is 2.30. The Morgan fingerprint density at radius 3 is 2.53 bits per heavy atom. The van der Waals surface area contributed by atoms with Crippen LogP contribution in [-0.2, 0) is 13.5 Å². The molecule has 17 heavy (non-hydrogen) atoms. The third-order valence-corrected chi connectivity index (χ3v) is 3.52. The summed E-state index contributed by atoms with van der Waals surface area (Å²) in [4.78, 5) is 0. The molecule has 0 saturated heterocycles. The fourth-order valence-corrected chi connectivity index (χ4v) is 2.65. The first-order valence-electron chi connectivity index (χ1n) is 6.27. The van der Waals surface area contributed by atoms with Crippen LogP contribution >= 0.6 is 0 Å². The molecule has 0 saturated carbocycles. The second-order valence-corrected chi connectivity index (χ2v) is 4.68. The molecule has 3 rings (SSSR count). The Morgan fingerprint density at radius 1 is 0.941 bits per heavy atom. The van der Waals surface area contributed by atoms with E-state index in [4.69, 9.17) is 0 Å². The highest BCUT2D eigenvalue weighted by atomic mass is 14.9. The van der Waals surface area contributed by atoms with Crippen LogP contribution in [-0.4, -0.2) is 4.57 Å². The summed E-state index contributed by atoms with van der Waals surface area (Å²) >= 11 is 0. The third kappa shape index (κ3) is 1.54. The van der Waals surface area contributed by atoms with E-state index in [1.54, 1.807) is 0 Å². The lowest BCUT2D eigenvalue weighted by Crippen LogP contribution is -1.88. The van der Waals surface area contributed by atoms with E-state index in [0.29, 0.717) is 0 Å². The second-order valence-electron chi connectivity index (χ2n) is 4.68. The molecule has 0 spiro atoms. The predicted octanol–water partition coefficient (Wildman–Crippen LogP) is 4.28. The molecule has 2 aromatic carbocycles. The summed E-state index contributed by atoms with van der Waals surface area (Å²) in [6.45, 7) is 2.23. The lowest BCUT2D eigenvalue weighted by Gasteiger charge is -2.01. The first-order chi connectivity index (χ1) is 8.31. The number of hydrogen-bond acceptors (Lipinski definition) is 0. The van der Waals surface area contributed by atoms with Gasteiger partial charge in [-0.25, -0.2) is 0 Å². The first kappa shape index (κ1) is 10.4. The average Bonchev–Trinajstić information content (AvgIpc) is 2.65. The van der Waals surface area contributed by atoms with Crippen LogP contribution in [0.25, 0.3) is 21.8 Å². The zero-order valence-electron chi connectivity index (χ0n) is 10.4. The monoisotopic (exact) mass is 223 g/mol. The summed E-state index contributed by atoms with van der Waals surface area (Å²) in [7, 11) is 2.15. The Hall–Kier alpha value is -1.76. The SMILES string of the molecule is CCCc1ccc2c3ccccc3n(C)c2c1. The first-order valence-corrected chi connectivity index (χ1v) is 6.27.